The molecule has 0 bridgehead atoms. The molecule has 1 aromatic rings. The third-order valence-electron chi connectivity index (χ3n) is 3.37. The topological polar surface area (TPSA) is 50.8 Å². The van der Waals surface area contributed by atoms with Gasteiger partial charge in [-0.15, -0.1) is 0 Å². The van der Waals surface area contributed by atoms with Gasteiger partial charge in [0.05, 0.1) is 13.2 Å². The minimum Gasteiger partial charge on any atom is -0.444 e. The zero-order chi connectivity index (χ0) is 16.0. The molecule has 1 aliphatic rings. The van der Waals surface area contributed by atoms with E-state index in [0.717, 1.165) is 38.4 Å². The van der Waals surface area contributed by atoms with Crippen LogP contribution in [0.2, 0.25) is 0 Å². The van der Waals surface area contributed by atoms with Gasteiger partial charge in [-0.3, -0.25) is 4.90 Å². The molecule has 1 N–H and O–H groups in total. The zero-order valence-electron chi connectivity index (χ0n) is 13.7. The van der Waals surface area contributed by atoms with Crippen molar-refractivity contribution in [2.45, 2.75) is 39.5 Å². The second-order valence-corrected chi connectivity index (χ2v) is 6.56. The molecule has 1 heterocycles. The number of amides is 1. The van der Waals surface area contributed by atoms with Crippen molar-refractivity contribution >= 4 is 6.09 Å². The molecule has 5 nitrogen and oxygen atoms in total. The Morgan fingerprint density at radius 2 is 1.77 bits per heavy atom. The van der Waals surface area contributed by atoms with Crippen LogP contribution in [-0.2, 0) is 22.6 Å². The molecule has 1 saturated heterocycles. The summed E-state index contributed by atoms with van der Waals surface area (Å²) in [6.07, 6.45) is -0.384. The van der Waals surface area contributed by atoms with Gasteiger partial charge in [0, 0.05) is 26.2 Å². The monoisotopic (exact) mass is 306 g/mol. The third-order valence-corrected chi connectivity index (χ3v) is 3.37. The lowest BCUT2D eigenvalue weighted by atomic mass is 10.1. The van der Waals surface area contributed by atoms with E-state index in [4.69, 9.17) is 9.47 Å². The highest BCUT2D eigenvalue weighted by atomic mass is 16.6. The van der Waals surface area contributed by atoms with Crippen LogP contribution in [0.25, 0.3) is 0 Å². The number of hydrogen-bond acceptors (Lipinski definition) is 4. The molecule has 5 heteroatoms. The number of carbonyl (C=O) groups excluding carboxylic acids is 1. The lowest BCUT2D eigenvalue weighted by Gasteiger charge is -2.26. The molecule has 1 aromatic carbocycles. The molecule has 0 aromatic heterocycles. The van der Waals surface area contributed by atoms with Crippen LogP contribution in [0.5, 0.6) is 0 Å². The second-order valence-electron chi connectivity index (χ2n) is 6.56. The first-order valence-electron chi connectivity index (χ1n) is 7.77. The van der Waals surface area contributed by atoms with Crippen molar-refractivity contribution in [1.82, 2.24) is 10.2 Å². The summed E-state index contributed by atoms with van der Waals surface area (Å²) in [5.41, 5.74) is 1.88. The van der Waals surface area contributed by atoms with Gasteiger partial charge in [-0.1, -0.05) is 24.3 Å². The van der Waals surface area contributed by atoms with Crippen LogP contribution in [0.4, 0.5) is 4.79 Å². The lowest BCUT2D eigenvalue weighted by Crippen LogP contribution is -2.35. The standard InChI is InChI=1S/C17H26N2O3/c1-17(2,3)22-16(20)18-12-14-4-6-15(7-5-14)13-19-8-10-21-11-9-19/h4-7H,8-13H2,1-3H3,(H,18,20). The predicted octanol–water partition coefficient (Wildman–Crippen LogP) is 2.54. The average Bonchev–Trinajstić information content (AvgIpc) is 2.46. The number of rotatable bonds is 4. The summed E-state index contributed by atoms with van der Waals surface area (Å²) in [5.74, 6) is 0. The highest BCUT2D eigenvalue weighted by Gasteiger charge is 2.15. The molecule has 2 rings (SSSR count). The minimum atomic E-state index is -0.466. The van der Waals surface area contributed by atoms with Gasteiger partial charge in [0.25, 0.3) is 0 Å². The van der Waals surface area contributed by atoms with E-state index in [1.54, 1.807) is 0 Å². The molecule has 1 aliphatic heterocycles. The maximum absolute atomic E-state index is 11.6. The van der Waals surface area contributed by atoms with Crippen molar-refractivity contribution in [2.75, 3.05) is 26.3 Å². The first-order valence-corrected chi connectivity index (χ1v) is 7.77. The van der Waals surface area contributed by atoms with Crippen LogP contribution in [0, 0.1) is 0 Å². The maximum atomic E-state index is 11.6. The fourth-order valence-corrected chi connectivity index (χ4v) is 2.27. The van der Waals surface area contributed by atoms with Crippen LogP contribution in [0.1, 0.15) is 31.9 Å². The number of hydrogen-bond donors (Lipinski definition) is 1. The summed E-state index contributed by atoms with van der Waals surface area (Å²) >= 11 is 0. The van der Waals surface area contributed by atoms with E-state index in [2.05, 4.69) is 22.3 Å². The quantitative estimate of drug-likeness (QED) is 0.929. The van der Waals surface area contributed by atoms with E-state index >= 15 is 0 Å². The number of nitrogens with one attached hydrogen (secondary N) is 1. The van der Waals surface area contributed by atoms with Crippen molar-refractivity contribution in [3.63, 3.8) is 0 Å². The van der Waals surface area contributed by atoms with Crippen LogP contribution in [-0.4, -0.2) is 42.9 Å². The van der Waals surface area contributed by atoms with Crippen LogP contribution >= 0.6 is 0 Å². The average molecular weight is 306 g/mol. The van der Waals surface area contributed by atoms with Gasteiger partial charge in [-0.25, -0.2) is 4.79 Å². The van der Waals surface area contributed by atoms with Crippen LogP contribution < -0.4 is 5.32 Å². The van der Waals surface area contributed by atoms with E-state index < -0.39 is 5.60 Å². The Kier molecular flexibility index (Phi) is 5.80. The van der Waals surface area contributed by atoms with Gasteiger partial charge < -0.3 is 14.8 Å². The second kappa shape index (κ2) is 7.61. The fourth-order valence-electron chi connectivity index (χ4n) is 2.27. The van der Waals surface area contributed by atoms with E-state index in [9.17, 15) is 4.79 Å². The molecule has 0 aliphatic carbocycles. The Balaban J connectivity index is 1.77. The van der Waals surface area contributed by atoms with Gasteiger partial charge in [0.2, 0.25) is 0 Å². The van der Waals surface area contributed by atoms with E-state index in [0.29, 0.717) is 6.54 Å². The third kappa shape index (κ3) is 6.03. The Morgan fingerprint density at radius 3 is 2.36 bits per heavy atom. The lowest BCUT2D eigenvalue weighted by molar-refractivity contribution is 0.0342. The number of alkyl carbamates (subject to hydrolysis) is 1. The molecule has 122 valence electrons. The molecule has 1 amide bonds. The fraction of sp³-hybridized carbons (Fsp3) is 0.588. The predicted molar refractivity (Wildman–Crippen MR) is 85.6 cm³/mol. The first kappa shape index (κ1) is 16.8. The minimum absolute atomic E-state index is 0.384. The van der Waals surface area contributed by atoms with E-state index in [-0.39, 0.29) is 6.09 Å². The number of morpholine rings is 1. The zero-order valence-corrected chi connectivity index (χ0v) is 13.7. The summed E-state index contributed by atoms with van der Waals surface area (Å²) in [4.78, 5) is 14.0. The summed E-state index contributed by atoms with van der Waals surface area (Å²) in [7, 11) is 0. The molecular weight excluding hydrogens is 280 g/mol. The molecule has 0 radical (unpaired) electrons. The molecule has 0 atom stereocenters. The molecule has 22 heavy (non-hydrogen) atoms. The number of carbonyl (C=O) groups is 1. The summed E-state index contributed by atoms with van der Waals surface area (Å²) in [5, 5.41) is 2.77. The van der Waals surface area contributed by atoms with Crippen molar-refractivity contribution in [3.8, 4) is 0 Å². The van der Waals surface area contributed by atoms with Crippen molar-refractivity contribution in [1.29, 1.82) is 0 Å². The molecule has 0 spiro atoms. The van der Waals surface area contributed by atoms with Gasteiger partial charge in [-0.05, 0) is 31.9 Å². The first-order chi connectivity index (χ1) is 10.4. The van der Waals surface area contributed by atoms with Crippen molar-refractivity contribution in [3.05, 3.63) is 35.4 Å². The van der Waals surface area contributed by atoms with Gasteiger partial charge in [0.1, 0.15) is 5.60 Å². The highest BCUT2D eigenvalue weighted by Crippen LogP contribution is 2.10. The molecule has 0 saturated carbocycles. The van der Waals surface area contributed by atoms with Crippen molar-refractivity contribution in [2.24, 2.45) is 0 Å². The summed E-state index contributed by atoms with van der Waals surface area (Å²) in [6.45, 7) is 10.6. The molecule has 0 unspecified atom stereocenters. The number of nitrogens with zero attached hydrogens (tertiary/aromatic N) is 1. The van der Waals surface area contributed by atoms with E-state index in [1.165, 1.54) is 5.56 Å². The normalized spacial score (nSPS) is 16.3. The Labute approximate surface area is 132 Å². The molecule has 1 fully saturated rings. The van der Waals surface area contributed by atoms with Gasteiger partial charge in [0.15, 0.2) is 0 Å². The van der Waals surface area contributed by atoms with Crippen LogP contribution in [0.15, 0.2) is 24.3 Å². The number of ether oxygens (including phenoxy) is 2. The van der Waals surface area contributed by atoms with Gasteiger partial charge >= 0.3 is 6.09 Å². The maximum Gasteiger partial charge on any atom is 0.407 e. The summed E-state index contributed by atoms with van der Waals surface area (Å²) in [6, 6.07) is 8.32. The van der Waals surface area contributed by atoms with Crippen LogP contribution in [0.3, 0.4) is 0 Å². The molecular formula is C17H26N2O3. The smallest absolute Gasteiger partial charge is 0.407 e. The number of benzene rings is 1. The van der Waals surface area contributed by atoms with Crippen molar-refractivity contribution < 1.29 is 14.3 Å². The SMILES string of the molecule is CC(C)(C)OC(=O)NCc1ccc(CN2CCOCC2)cc1. The Hall–Kier alpha value is -1.59. The largest absolute Gasteiger partial charge is 0.444 e. The summed E-state index contributed by atoms with van der Waals surface area (Å²) < 4.78 is 10.6. The Morgan fingerprint density at radius 1 is 1.18 bits per heavy atom. The van der Waals surface area contributed by atoms with E-state index in [1.807, 2.05) is 32.9 Å². The van der Waals surface area contributed by atoms with Gasteiger partial charge in [-0.2, -0.15) is 0 Å². The highest BCUT2D eigenvalue weighted by molar-refractivity contribution is 5.67. The Bertz CT molecular complexity index is 474.